The predicted octanol–water partition coefficient (Wildman–Crippen LogP) is 4.72. The van der Waals surface area contributed by atoms with E-state index in [-0.39, 0.29) is 0 Å². The van der Waals surface area contributed by atoms with Gasteiger partial charge in [0.1, 0.15) is 0 Å². The van der Waals surface area contributed by atoms with Crippen LogP contribution in [0.2, 0.25) is 5.02 Å². The molecule has 16 heavy (non-hydrogen) atoms. The van der Waals surface area contributed by atoms with Crippen molar-refractivity contribution in [3.8, 4) is 0 Å². The first-order chi connectivity index (χ1) is 7.54. The number of nitrogens with one attached hydrogen (secondary N) is 1. The zero-order valence-electron chi connectivity index (χ0n) is 9.69. The van der Waals surface area contributed by atoms with Gasteiger partial charge < -0.3 is 5.32 Å². The maximum absolute atomic E-state index is 5.93. The van der Waals surface area contributed by atoms with Gasteiger partial charge in [-0.2, -0.15) is 0 Å². The molecule has 0 aromatic heterocycles. The van der Waals surface area contributed by atoms with Crippen LogP contribution in [-0.4, -0.2) is 7.05 Å². The van der Waals surface area contributed by atoms with E-state index in [0.717, 1.165) is 22.3 Å². The van der Waals surface area contributed by atoms with Crippen LogP contribution in [0.4, 0.5) is 0 Å². The van der Waals surface area contributed by atoms with E-state index in [9.17, 15) is 0 Å². The fourth-order valence-corrected chi connectivity index (χ4v) is 2.59. The maximum atomic E-state index is 5.93. The van der Waals surface area contributed by atoms with Gasteiger partial charge >= 0.3 is 0 Å². The monoisotopic (exact) mass is 301 g/mol. The molecular weight excluding hydrogens is 286 g/mol. The Bertz CT molecular complexity index is 376. The first-order valence-corrected chi connectivity index (χ1v) is 6.48. The molecule has 0 bridgehead atoms. The van der Waals surface area contributed by atoms with Crippen molar-refractivity contribution < 1.29 is 0 Å². The molecule has 3 heteroatoms. The van der Waals surface area contributed by atoms with Crippen molar-refractivity contribution in [3.63, 3.8) is 0 Å². The Morgan fingerprint density at radius 2 is 2.25 bits per heavy atom. The second-order valence-corrected chi connectivity index (χ2v) is 5.29. The lowest BCUT2D eigenvalue weighted by atomic mass is 10.0. The summed E-state index contributed by atoms with van der Waals surface area (Å²) in [6, 6.07) is 6.25. The second-order valence-electron chi connectivity index (χ2n) is 4.00. The largest absolute Gasteiger partial charge is 0.313 e. The van der Waals surface area contributed by atoms with E-state index in [1.807, 2.05) is 19.2 Å². The molecule has 0 radical (unpaired) electrons. The van der Waals surface area contributed by atoms with E-state index >= 15 is 0 Å². The molecule has 1 atom stereocenters. The molecule has 1 unspecified atom stereocenters. The van der Waals surface area contributed by atoms with E-state index < -0.39 is 0 Å². The van der Waals surface area contributed by atoms with Crippen molar-refractivity contribution in [2.24, 2.45) is 0 Å². The molecule has 1 aromatic carbocycles. The molecule has 0 saturated carbocycles. The predicted molar refractivity (Wildman–Crippen MR) is 75.0 cm³/mol. The molecule has 88 valence electrons. The first kappa shape index (κ1) is 13.8. The second kappa shape index (κ2) is 6.43. The number of allylic oxidation sites excluding steroid dienone is 1. The number of benzene rings is 1. The number of hydrogen-bond donors (Lipinski definition) is 1. The summed E-state index contributed by atoms with van der Waals surface area (Å²) < 4.78 is 1.06. The van der Waals surface area contributed by atoms with Crippen molar-refractivity contribution in [1.29, 1.82) is 0 Å². The third-order valence-corrected chi connectivity index (χ3v) is 3.47. The van der Waals surface area contributed by atoms with E-state index in [0.29, 0.717) is 6.04 Å². The van der Waals surface area contributed by atoms with Crippen molar-refractivity contribution in [2.75, 3.05) is 7.05 Å². The molecule has 0 aliphatic carbocycles. The normalized spacial score (nSPS) is 12.5. The van der Waals surface area contributed by atoms with Crippen LogP contribution < -0.4 is 5.32 Å². The van der Waals surface area contributed by atoms with Gasteiger partial charge in [-0.05, 0) is 44.5 Å². The third-order valence-electron chi connectivity index (χ3n) is 2.55. The maximum Gasteiger partial charge on any atom is 0.0417 e. The molecule has 0 heterocycles. The summed E-state index contributed by atoms with van der Waals surface area (Å²) in [4.78, 5) is 0. The van der Waals surface area contributed by atoms with Crippen LogP contribution in [0.5, 0.6) is 0 Å². The van der Waals surface area contributed by atoms with Crippen LogP contribution in [0.1, 0.15) is 31.4 Å². The average Bonchev–Trinajstić information content (AvgIpc) is 2.21. The Morgan fingerprint density at radius 3 is 2.75 bits per heavy atom. The van der Waals surface area contributed by atoms with E-state index in [2.05, 4.69) is 40.8 Å². The summed E-state index contributed by atoms with van der Waals surface area (Å²) in [6.07, 6.45) is 2.08. The van der Waals surface area contributed by atoms with E-state index in [1.54, 1.807) is 0 Å². The fraction of sp³-hybridized carbons (Fsp3) is 0.385. The lowest BCUT2D eigenvalue weighted by Gasteiger charge is -2.18. The molecular formula is C13H17BrClN. The Hall–Kier alpha value is -0.310. The van der Waals surface area contributed by atoms with Gasteiger partial charge in [0.25, 0.3) is 0 Å². The third kappa shape index (κ3) is 3.93. The summed E-state index contributed by atoms with van der Waals surface area (Å²) in [5.41, 5.74) is 2.46. The minimum atomic E-state index is 0.336. The first-order valence-electron chi connectivity index (χ1n) is 5.31. The highest BCUT2D eigenvalue weighted by molar-refractivity contribution is 9.10. The molecule has 1 rings (SSSR count). The zero-order valence-corrected chi connectivity index (χ0v) is 12.0. The van der Waals surface area contributed by atoms with Crippen LogP contribution in [0.25, 0.3) is 0 Å². The lowest BCUT2D eigenvalue weighted by molar-refractivity contribution is 0.546. The summed E-state index contributed by atoms with van der Waals surface area (Å²) in [6.45, 7) is 5.99. The van der Waals surface area contributed by atoms with Crippen molar-refractivity contribution in [3.05, 3.63) is 45.4 Å². The van der Waals surface area contributed by atoms with Gasteiger partial charge in [0.05, 0.1) is 0 Å². The molecule has 0 saturated heterocycles. The molecule has 0 amide bonds. The van der Waals surface area contributed by atoms with Gasteiger partial charge in [-0.25, -0.2) is 0 Å². The Morgan fingerprint density at radius 1 is 1.56 bits per heavy atom. The van der Waals surface area contributed by atoms with Crippen LogP contribution >= 0.6 is 27.5 Å². The van der Waals surface area contributed by atoms with Crippen LogP contribution in [0.15, 0.2) is 34.8 Å². The molecule has 1 nitrogen and oxygen atoms in total. The van der Waals surface area contributed by atoms with Crippen molar-refractivity contribution >= 4 is 27.5 Å². The van der Waals surface area contributed by atoms with E-state index in [1.165, 1.54) is 11.1 Å². The minimum absolute atomic E-state index is 0.336. The Kier molecular flexibility index (Phi) is 5.53. The number of halogens is 2. The summed E-state index contributed by atoms with van der Waals surface area (Å²) >= 11 is 9.48. The Labute approximate surface area is 111 Å². The summed E-state index contributed by atoms with van der Waals surface area (Å²) in [7, 11) is 1.98. The quantitative estimate of drug-likeness (QED) is 0.776. The van der Waals surface area contributed by atoms with Gasteiger partial charge in [-0.3, -0.25) is 0 Å². The SMILES string of the molecule is C=C(C)CCC(NC)c1ccc(Cl)cc1Br. The van der Waals surface area contributed by atoms with Gasteiger partial charge in [0.15, 0.2) is 0 Å². The average molecular weight is 303 g/mol. The molecule has 1 aromatic rings. The van der Waals surface area contributed by atoms with Crippen LogP contribution in [0.3, 0.4) is 0 Å². The highest BCUT2D eigenvalue weighted by atomic mass is 79.9. The zero-order chi connectivity index (χ0) is 12.1. The topological polar surface area (TPSA) is 12.0 Å². The van der Waals surface area contributed by atoms with Gasteiger partial charge in [-0.1, -0.05) is 39.2 Å². The molecule has 0 fully saturated rings. The van der Waals surface area contributed by atoms with Crippen LogP contribution in [0, 0.1) is 0 Å². The lowest BCUT2D eigenvalue weighted by Crippen LogP contribution is -2.16. The fourth-order valence-electron chi connectivity index (χ4n) is 1.63. The van der Waals surface area contributed by atoms with Crippen molar-refractivity contribution in [1.82, 2.24) is 5.32 Å². The van der Waals surface area contributed by atoms with E-state index in [4.69, 9.17) is 11.6 Å². The summed E-state index contributed by atoms with van der Waals surface area (Å²) in [5, 5.41) is 4.07. The highest BCUT2D eigenvalue weighted by Gasteiger charge is 2.12. The summed E-state index contributed by atoms with van der Waals surface area (Å²) in [5.74, 6) is 0. The van der Waals surface area contributed by atoms with Crippen LogP contribution in [-0.2, 0) is 0 Å². The Balaban J connectivity index is 2.82. The molecule has 0 aliphatic heterocycles. The standard InChI is InChI=1S/C13H17BrClN/c1-9(2)4-7-13(16-3)11-6-5-10(15)8-12(11)14/h5-6,8,13,16H,1,4,7H2,2-3H3. The minimum Gasteiger partial charge on any atom is -0.313 e. The number of rotatable bonds is 5. The van der Waals surface area contributed by atoms with Gasteiger partial charge in [-0.15, -0.1) is 6.58 Å². The van der Waals surface area contributed by atoms with Gasteiger partial charge in [0.2, 0.25) is 0 Å². The number of hydrogen-bond acceptors (Lipinski definition) is 1. The smallest absolute Gasteiger partial charge is 0.0417 e. The molecule has 0 spiro atoms. The van der Waals surface area contributed by atoms with Gasteiger partial charge in [0, 0.05) is 15.5 Å². The molecule has 1 N–H and O–H groups in total. The van der Waals surface area contributed by atoms with Crippen molar-refractivity contribution in [2.45, 2.75) is 25.8 Å². The highest BCUT2D eigenvalue weighted by Crippen LogP contribution is 2.29. The molecule has 0 aliphatic rings.